The molecule has 12 heteroatoms. The van der Waals surface area contributed by atoms with Crippen LogP contribution in [0.4, 0.5) is 17.6 Å². The zero-order valence-electron chi connectivity index (χ0n) is 20.7. The van der Waals surface area contributed by atoms with E-state index in [9.17, 15) is 36.7 Å². The lowest BCUT2D eigenvalue weighted by molar-refractivity contribution is -0.146. The number of Topliss-reactive ketones (excluding diaryl/α,β-unsaturated/α-hetero) is 1. The van der Waals surface area contributed by atoms with Gasteiger partial charge in [0.25, 0.3) is 0 Å². The number of carbonyl (C=O) groups is 4. The van der Waals surface area contributed by atoms with Gasteiger partial charge in [-0.05, 0) is 43.9 Å². The van der Waals surface area contributed by atoms with Gasteiger partial charge in [-0.3, -0.25) is 19.2 Å². The van der Waals surface area contributed by atoms with E-state index >= 15 is 0 Å². The fourth-order valence-electron chi connectivity index (χ4n) is 5.84. The monoisotopic (exact) mass is 542 g/mol. The molecule has 0 unspecified atom stereocenters. The minimum Gasteiger partial charge on any atom is -0.481 e. The Balaban J connectivity index is 1.29. The summed E-state index contributed by atoms with van der Waals surface area (Å²) in [6, 6.07) is -1.58. The van der Waals surface area contributed by atoms with Gasteiger partial charge in [-0.1, -0.05) is 12.8 Å². The quantitative estimate of drug-likeness (QED) is 0.366. The van der Waals surface area contributed by atoms with Crippen LogP contribution in [-0.2, 0) is 19.2 Å². The summed E-state index contributed by atoms with van der Waals surface area (Å²) in [6.45, 7) is 0.151. The van der Waals surface area contributed by atoms with Crippen LogP contribution >= 0.6 is 0 Å². The second-order valence-corrected chi connectivity index (χ2v) is 10.6. The number of amides is 2. The van der Waals surface area contributed by atoms with Gasteiger partial charge in [0, 0.05) is 31.0 Å². The zero-order chi connectivity index (χ0) is 27.6. The van der Waals surface area contributed by atoms with Crippen molar-refractivity contribution in [3.63, 3.8) is 0 Å². The van der Waals surface area contributed by atoms with Gasteiger partial charge in [0.05, 0.1) is 6.42 Å². The lowest BCUT2D eigenvalue weighted by Gasteiger charge is -2.52. The summed E-state index contributed by atoms with van der Waals surface area (Å²) in [5.41, 5.74) is -0.0830. The summed E-state index contributed by atoms with van der Waals surface area (Å²) >= 11 is 0. The smallest absolute Gasteiger partial charge is 0.305 e. The largest absolute Gasteiger partial charge is 0.481 e. The number of carboxylic acid groups (broad SMARTS) is 1. The molecule has 1 saturated heterocycles. The molecule has 0 aromatic heterocycles. The van der Waals surface area contributed by atoms with E-state index in [0.717, 1.165) is 38.5 Å². The fourth-order valence-corrected chi connectivity index (χ4v) is 5.84. The Hall–Kier alpha value is -3.18. The number of likely N-dealkylation sites (tertiary alicyclic amines) is 1. The topological polar surface area (TPSA) is 113 Å². The van der Waals surface area contributed by atoms with Crippen LogP contribution in [-0.4, -0.2) is 59.3 Å². The van der Waals surface area contributed by atoms with Crippen molar-refractivity contribution < 1.29 is 46.6 Å². The van der Waals surface area contributed by atoms with Crippen LogP contribution in [0, 0.1) is 40.5 Å². The fraction of sp³-hybridized carbons (Fsp3) is 0.615. The SMILES string of the molecule is O=C(O)C[C@H](NC(=O)C1CC2(CCN(C(=O)C3CCCC3)CC2)C1)C(=O)COc1c(F)c(F)cc(F)c1F. The van der Waals surface area contributed by atoms with Gasteiger partial charge in [0.1, 0.15) is 12.6 Å². The van der Waals surface area contributed by atoms with Crippen LogP contribution in [0.5, 0.6) is 5.75 Å². The summed E-state index contributed by atoms with van der Waals surface area (Å²) in [5.74, 6) is -11.7. The van der Waals surface area contributed by atoms with E-state index in [2.05, 4.69) is 10.1 Å². The first-order chi connectivity index (χ1) is 18.0. The van der Waals surface area contributed by atoms with E-state index < -0.39 is 71.7 Å². The number of nitrogens with zero attached hydrogens (tertiary/aromatic N) is 1. The normalized spacial score (nSPS) is 20.2. The number of ether oxygens (including phenoxy) is 1. The van der Waals surface area contributed by atoms with E-state index in [1.165, 1.54) is 0 Å². The third kappa shape index (κ3) is 5.94. The molecule has 38 heavy (non-hydrogen) atoms. The predicted molar refractivity (Wildman–Crippen MR) is 124 cm³/mol. The highest BCUT2D eigenvalue weighted by Gasteiger charge is 2.49. The lowest BCUT2D eigenvalue weighted by Crippen LogP contribution is -2.54. The molecule has 208 valence electrons. The number of nitrogens with one attached hydrogen (secondary N) is 1. The van der Waals surface area contributed by atoms with Gasteiger partial charge < -0.3 is 20.1 Å². The van der Waals surface area contributed by atoms with Crippen molar-refractivity contribution in [2.45, 2.75) is 63.8 Å². The number of carboxylic acids is 1. The van der Waals surface area contributed by atoms with E-state index in [4.69, 9.17) is 5.11 Å². The highest BCUT2D eigenvalue weighted by atomic mass is 19.2. The molecule has 2 amide bonds. The first-order valence-electron chi connectivity index (χ1n) is 12.8. The average Bonchev–Trinajstić information content (AvgIpc) is 3.40. The maximum absolute atomic E-state index is 13.8. The van der Waals surface area contributed by atoms with Crippen molar-refractivity contribution in [3.05, 3.63) is 29.3 Å². The van der Waals surface area contributed by atoms with Crippen molar-refractivity contribution in [2.24, 2.45) is 17.3 Å². The molecule has 3 aliphatic rings. The number of carbonyl (C=O) groups excluding carboxylic acids is 3. The van der Waals surface area contributed by atoms with Crippen molar-refractivity contribution in [1.82, 2.24) is 10.2 Å². The number of hydrogen-bond donors (Lipinski definition) is 2. The minimum atomic E-state index is -1.84. The number of aliphatic carboxylic acids is 1. The molecule has 2 aliphatic carbocycles. The Morgan fingerprint density at radius 2 is 1.58 bits per heavy atom. The second kappa shape index (κ2) is 11.3. The van der Waals surface area contributed by atoms with Gasteiger partial charge in [-0.15, -0.1) is 0 Å². The van der Waals surface area contributed by atoms with Crippen molar-refractivity contribution >= 4 is 23.6 Å². The number of piperidine rings is 1. The first-order valence-corrected chi connectivity index (χ1v) is 12.8. The summed E-state index contributed by atoms with van der Waals surface area (Å²) in [4.78, 5) is 51.2. The third-order valence-corrected chi connectivity index (χ3v) is 8.08. The van der Waals surface area contributed by atoms with Crippen LogP contribution in [0.15, 0.2) is 6.07 Å². The Bertz CT molecular complexity index is 1080. The molecule has 3 fully saturated rings. The molecule has 2 saturated carbocycles. The summed E-state index contributed by atoms with van der Waals surface area (Å²) in [5, 5.41) is 11.5. The Morgan fingerprint density at radius 1 is 1.00 bits per heavy atom. The van der Waals surface area contributed by atoms with Crippen LogP contribution in [0.2, 0.25) is 0 Å². The van der Waals surface area contributed by atoms with Gasteiger partial charge in [-0.25, -0.2) is 8.78 Å². The molecule has 8 nitrogen and oxygen atoms in total. The maximum Gasteiger partial charge on any atom is 0.305 e. The maximum atomic E-state index is 13.8. The Labute approximate surface area is 216 Å². The van der Waals surface area contributed by atoms with Crippen LogP contribution in [0.25, 0.3) is 0 Å². The molecule has 1 aliphatic heterocycles. The zero-order valence-corrected chi connectivity index (χ0v) is 20.7. The summed E-state index contributed by atoms with van der Waals surface area (Å²) in [7, 11) is 0. The Morgan fingerprint density at radius 3 is 2.13 bits per heavy atom. The van der Waals surface area contributed by atoms with E-state index in [-0.39, 0.29) is 23.3 Å². The summed E-state index contributed by atoms with van der Waals surface area (Å²) < 4.78 is 58.9. The van der Waals surface area contributed by atoms with E-state index in [1.54, 1.807) is 0 Å². The van der Waals surface area contributed by atoms with Gasteiger partial charge in [-0.2, -0.15) is 8.78 Å². The number of benzene rings is 1. The highest BCUT2D eigenvalue weighted by Crippen LogP contribution is 2.52. The highest BCUT2D eigenvalue weighted by molar-refractivity contribution is 5.93. The molecule has 1 aromatic carbocycles. The number of hydrogen-bond acceptors (Lipinski definition) is 5. The van der Waals surface area contributed by atoms with Gasteiger partial charge in [0.15, 0.2) is 23.2 Å². The van der Waals surface area contributed by atoms with Crippen LogP contribution < -0.4 is 10.1 Å². The molecule has 1 spiro atoms. The molecule has 0 radical (unpaired) electrons. The van der Waals surface area contributed by atoms with E-state index in [0.29, 0.717) is 25.9 Å². The van der Waals surface area contributed by atoms with Gasteiger partial charge >= 0.3 is 5.97 Å². The average molecular weight is 543 g/mol. The number of rotatable bonds is 9. The molecule has 1 aromatic rings. The standard InChI is InChI=1S/C26H30F4N2O6/c27-16-9-17(28)22(30)23(21(16)29)38-13-19(33)18(10-20(34)35)31-24(36)15-11-26(12-15)5-7-32(8-6-26)25(37)14-3-1-2-4-14/h9,14-15,18H,1-8,10-13H2,(H,31,36)(H,34,35)/t18-/m0/s1. The number of ketones is 1. The molecule has 2 N–H and O–H groups in total. The van der Waals surface area contributed by atoms with Crippen molar-refractivity contribution in [3.8, 4) is 5.75 Å². The van der Waals surface area contributed by atoms with E-state index in [1.807, 2.05) is 4.90 Å². The van der Waals surface area contributed by atoms with Crippen molar-refractivity contribution in [2.75, 3.05) is 19.7 Å². The number of halogens is 4. The van der Waals surface area contributed by atoms with Crippen LogP contribution in [0.3, 0.4) is 0 Å². The second-order valence-electron chi connectivity index (χ2n) is 10.6. The Kier molecular flexibility index (Phi) is 8.27. The first kappa shape index (κ1) is 27.8. The minimum absolute atomic E-state index is 0.0183. The molecular formula is C26H30F4N2O6. The molecule has 1 atom stereocenters. The third-order valence-electron chi connectivity index (χ3n) is 8.08. The van der Waals surface area contributed by atoms with Crippen molar-refractivity contribution in [1.29, 1.82) is 0 Å². The lowest BCUT2D eigenvalue weighted by atomic mass is 9.57. The van der Waals surface area contributed by atoms with Gasteiger partial charge in [0.2, 0.25) is 23.4 Å². The molecular weight excluding hydrogens is 512 g/mol. The summed E-state index contributed by atoms with van der Waals surface area (Å²) in [6.07, 6.45) is 5.83. The molecule has 0 bridgehead atoms. The van der Waals surface area contributed by atoms with Crippen LogP contribution in [0.1, 0.15) is 57.8 Å². The molecule has 4 rings (SSSR count). The molecule has 1 heterocycles. The predicted octanol–water partition coefficient (Wildman–Crippen LogP) is 3.36.